The first-order valence-electron chi connectivity index (χ1n) is 11.1. The summed E-state index contributed by atoms with van der Waals surface area (Å²) in [7, 11) is 0. The highest BCUT2D eigenvalue weighted by molar-refractivity contribution is 5.82. The van der Waals surface area contributed by atoms with E-state index in [1.807, 2.05) is 6.92 Å². The number of hydrogen-bond donors (Lipinski definition) is 2. The number of alkyl halides is 7. The number of amides is 1. The summed E-state index contributed by atoms with van der Waals surface area (Å²) in [6.07, 6.45) is -9.22. The van der Waals surface area contributed by atoms with Crippen LogP contribution in [0.4, 0.5) is 30.7 Å². The molecule has 2 aliphatic rings. The minimum atomic E-state index is -6.14. The molecule has 0 aromatic heterocycles. The van der Waals surface area contributed by atoms with Gasteiger partial charge in [-0.3, -0.25) is 4.79 Å². The highest BCUT2D eigenvalue weighted by Crippen LogP contribution is 2.54. The number of aliphatic hydroxyl groups excluding tert-OH is 1. The summed E-state index contributed by atoms with van der Waals surface area (Å²) in [4.78, 5) is 12.8. The van der Waals surface area contributed by atoms with E-state index in [2.05, 4.69) is 5.32 Å². The van der Waals surface area contributed by atoms with Gasteiger partial charge in [-0.15, -0.1) is 0 Å². The van der Waals surface area contributed by atoms with Gasteiger partial charge in [0.2, 0.25) is 5.91 Å². The Kier molecular flexibility index (Phi) is 6.83. The van der Waals surface area contributed by atoms with Gasteiger partial charge in [-0.05, 0) is 62.0 Å². The van der Waals surface area contributed by atoms with E-state index >= 15 is 0 Å². The van der Waals surface area contributed by atoms with Gasteiger partial charge in [0.25, 0.3) is 0 Å². The van der Waals surface area contributed by atoms with E-state index in [9.17, 15) is 40.6 Å². The molecule has 186 valence electrons. The summed E-state index contributed by atoms with van der Waals surface area (Å²) in [5, 5.41) is 12.7. The maximum atomic E-state index is 14.5. The third-order valence-electron chi connectivity index (χ3n) is 7.31. The topological polar surface area (TPSA) is 49.3 Å². The van der Waals surface area contributed by atoms with Crippen molar-refractivity contribution in [2.24, 2.45) is 11.3 Å². The van der Waals surface area contributed by atoms with Gasteiger partial charge in [0.1, 0.15) is 0 Å². The summed E-state index contributed by atoms with van der Waals surface area (Å²) in [5.74, 6) is -0.445. The van der Waals surface area contributed by atoms with Crippen molar-refractivity contribution < 1.29 is 40.6 Å². The first-order valence-corrected chi connectivity index (χ1v) is 11.1. The van der Waals surface area contributed by atoms with E-state index in [0.717, 1.165) is 0 Å². The van der Waals surface area contributed by atoms with Crippen molar-refractivity contribution in [1.29, 1.82) is 0 Å². The van der Waals surface area contributed by atoms with Crippen molar-refractivity contribution in [3.63, 3.8) is 0 Å². The standard InChI is InChI=1S/C23H28F7NO2/c1-3-10-20(2,12-32)19(33)31-18-9-8-16-15-7-5-14(11-13(15)4-6-17(16)18)21(24,22(25,26)27)23(28,29)30/h5,7,11,16-18,32H,3-4,6,8-10,12H2,1-2H3,(H,31,33)/t16-,17+,18+,20?/m0/s1. The van der Waals surface area contributed by atoms with Crippen molar-refractivity contribution >= 4 is 5.91 Å². The number of nitrogens with one attached hydrogen (secondary N) is 1. The van der Waals surface area contributed by atoms with Crippen LogP contribution in [0.15, 0.2) is 18.2 Å². The summed E-state index contributed by atoms with van der Waals surface area (Å²) >= 11 is 0. The highest BCUT2D eigenvalue weighted by Gasteiger charge is 2.73. The Morgan fingerprint density at radius 3 is 2.24 bits per heavy atom. The van der Waals surface area contributed by atoms with Gasteiger partial charge in [0, 0.05) is 11.6 Å². The third kappa shape index (κ3) is 4.35. The fourth-order valence-electron chi connectivity index (χ4n) is 5.40. The fourth-order valence-corrected chi connectivity index (χ4v) is 5.40. The van der Waals surface area contributed by atoms with Crippen LogP contribution in [-0.2, 0) is 16.9 Å². The smallest absolute Gasteiger partial charge is 0.395 e. The molecule has 1 amide bonds. The number of hydrogen-bond acceptors (Lipinski definition) is 2. The van der Waals surface area contributed by atoms with Gasteiger partial charge in [-0.2, -0.15) is 26.3 Å². The lowest BCUT2D eigenvalue weighted by Crippen LogP contribution is -2.50. The molecule has 0 saturated heterocycles. The van der Waals surface area contributed by atoms with Crippen molar-refractivity contribution in [2.75, 3.05) is 6.61 Å². The molecule has 1 aromatic carbocycles. The molecule has 1 unspecified atom stereocenters. The molecule has 0 aliphatic heterocycles. The van der Waals surface area contributed by atoms with Crippen LogP contribution in [-0.4, -0.2) is 36.0 Å². The maximum absolute atomic E-state index is 14.5. The number of benzene rings is 1. The van der Waals surface area contributed by atoms with E-state index in [4.69, 9.17) is 0 Å². The van der Waals surface area contributed by atoms with Crippen molar-refractivity contribution in [1.82, 2.24) is 5.32 Å². The number of aryl methyl sites for hydroxylation is 1. The van der Waals surface area contributed by atoms with Crippen LogP contribution in [0, 0.1) is 11.3 Å². The Bertz CT molecular complexity index is 869. The van der Waals surface area contributed by atoms with Crippen LogP contribution >= 0.6 is 0 Å². The molecule has 3 nitrogen and oxygen atoms in total. The zero-order valence-corrected chi connectivity index (χ0v) is 18.4. The lowest BCUT2D eigenvalue weighted by Gasteiger charge is -2.35. The Labute approximate surface area is 187 Å². The largest absolute Gasteiger partial charge is 0.435 e. The molecule has 1 saturated carbocycles. The minimum absolute atomic E-state index is 0.0303. The summed E-state index contributed by atoms with van der Waals surface area (Å²) in [6.45, 7) is 3.28. The molecular formula is C23H28F7NO2. The number of rotatable bonds is 6. The molecule has 3 rings (SSSR count). The molecule has 0 heterocycles. The van der Waals surface area contributed by atoms with Crippen LogP contribution < -0.4 is 5.32 Å². The fraction of sp³-hybridized carbons (Fsp3) is 0.696. The first kappa shape index (κ1) is 25.8. The van der Waals surface area contributed by atoms with Gasteiger partial charge in [-0.25, -0.2) is 4.39 Å². The zero-order chi connectivity index (χ0) is 24.8. The van der Waals surface area contributed by atoms with Gasteiger partial charge >= 0.3 is 18.0 Å². The van der Waals surface area contributed by atoms with Gasteiger partial charge in [-0.1, -0.05) is 31.5 Å². The van der Waals surface area contributed by atoms with Crippen molar-refractivity contribution in [3.05, 3.63) is 34.9 Å². The first-order chi connectivity index (χ1) is 15.2. The van der Waals surface area contributed by atoms with E-state index in [1.165, 1.54) is 6.07 Å². The van der Waals surface area contributed by atoms with Gasteiger partial charge in [0.15, 0.2) is 0 Å². The molecule has 10 heteroatoms. The second-order valence-electron chi connectivity index (χ2n) is 9.50. The number of aliphatic hydroxyl groups is 1. The number of halogens is 7. The molecule has 0 radical (unpaired) electrons. The number of fused-ring (bicyclic) bond motifs is 3. The molecule has 0 bridgehead atoms. The third-order valence-corrected chi connectivity index (χ3v) is 7.31. The van der Waals surface area contributed by atoms with Crippen molar-refractivity contribution in [2.45, 2.75) is 82.4 Å². The SMILES string of the molecule is CCCC(C)(CO)C(=O)N[C@@H]1CC[C@H]2c3ccc(C(F)(C(F)(F)F)C(F)(F)F)cc3CC[C@@H]12. The highest BCUT2D eigenvalue weighted by atomic mass is 19.4. The molecule has 1 aromatic rings. The van der Waals surface area contributed by atoms with E-state index in [-0.39, 0.29) is 42.4 Å². The molecule has 1 fully saturated rings. The average Bonchev–Trinajstić information content (AvgIpc) is 3.14. The van der Waals surface area contributed by atoms with E-state index in [0.29, 0.717) is 49.8 Å². The zero-order valence-electron chi connectivity index (χ0n) is 18.4. The second-order valence-corrected chi connectivity index (χ2v) is 9.50. The molecular weight excluding hydrogens is 455 g/mol. The molecule has 33 heavy (non-hydrogen) atoms. The molecule has 2 aliphatic carbocycles. The van der Waals surface area contributed by atoms with Crippen LogP contribution in [0.3, 0.4) is 0 Å². The van der Waals surface area contributed by atoms with E-state index < -0.39 is 29.0 Å². The lowest BCUT2D eigenvalue weighted by molar-refractivity contribution is -0.348. The minimum Gasteiger partial charge on any atom is -0.395 e. The quantitative estimate of drug-likeness (QED) is 0.510. The van der Waals surface area contributed by atoms with Crippen LogP contribution in [0.25, 0.3) is 0 Å². The Morgan fingerprint density at radius 1 is 1.06 bits per heavy atom. The molecule has 4 atom stereocenters. The Morgan fingerprint density at radius 2 is 1.70 bits per heavy atom. The number of carbonyl (C=O) groups is 1. The number of carbonyl (C=O) groups excluding carboxylic acids is 1. The maximum Gasteiger partial charge on any atom is 0.435 e. The summed E-state index contributed by atoms with van der Waals surface area (Å²) in [5.41, 5.74) is -6.93. The predicted octanol–water partition coefficient (Wildman–Crippen LogP) is 5.70. The summed E-state index contributed by atoms with van der Waals surface area (Å²) < 4.78 is 93.3. The van der Waals surface area contributed by atoms with Crippen molar-refractivity contribution in [3.8, 4) is 0 Å². The van der Waals surface area contributed by atoms with Crippen LogP contribution in [0.2, 0.25) is 0 Å². The monoisotopic (exact) mass is 483 g/mol. The normalized spacial score (nSPS) is 25.2. The Balaban J connectivity index is 1.85. The van der Waals surface area contributed by atoms with E-state index in [1.54, 1.807) is 6.92 Å². The second kappa shape index (κ2) is 8.74. The van der Waals surface area contributed by atoms with Crippen LogP contribution in [0.5, 0.6) is 0 Å². The molecule has 0 spiro atoms. The van der Waals surface area contributed by atoms with Gasteiger partial charge < -0.3 is 10.4 Å². The Hall–Kier alpha value is -1.84. The molecule has 2 N–H and O–H groups in total. The summed E-state index contributed by atoms with van der Waals surface area (Å²) in [6, 6.07) is 2.25. The van der Waals surface area contributed by atoms with Crippen LogP contribution in [0.1, 0.15) is 68.6 Å². The van der Waals surface area contributed by atoms with Gasteiger partial charge in [0.05, 0.1) is 12.0 Å². The predicted molar refractivity (Wildman–Crippen MR) is 107 cm³/mol. The lowest BCUT2D eigenvalue weighted by atomic mass is 9.74. The average molecular weight is 483 g/mol.